The van der Waals surface area contributed by atoms with Gasteiger partial charge >= 0.3 is 0 Å². The zero-order valence-electron chi connectivity index (χ0n) is 10.5. The fourth-order valence-corrected chi connectivity index (χ4v) is 2.92. The third-order valence-corrected chi connectivity index (χ3v) is 4.20. The maximum absolute atomic E-state index is 12.2. The summed E-state index contributed by atoms with van der Waals surface area (Å²) in [6.45, 7) is 3.01. The number of rotatable bonds is 2. The van der Waals surface area contributed by atoms with Crippen LogP contribution in [-0.2, 0) is 9.59 Å². The molecule has 4 nitrogen and oxygen atoms in total. The highest BCUT2D eigenvalue weighted by atomic mass is 16.2. The predicted octanol–water partition coefficient (Wildman–Crippen LogP) is 0.941. The van der Waals surface area contributed by atoms with Gasteiger partial charge in [-0.05, 0) is 39.0 Å². The lowest BCUT2D eigenvalue weighted by Crippen LogP contribution is -2.38. The molecule has 2 fully saturated rings. The highest BCUT2D eigenvalue weighted by Crippen LogP contribution is 2.27. The fraction of sp³-hybridized carbons (Fsp3) is 0.846. The third-order valence-electron chi connectivity index (χ3n) is 4.20. The summed E-state index contributed by atoms with van der Waals surface area (Å²) < 4.78 is 0. The lowest BCUT2D eigenvalue weighted by molar-refractivity contribution is -0.135. The summed E-state index contributed by atoms with van der Waals surface area (Å²) in [6, 6.07) is 0.280. The highest BCUT2D eigenvalue weighted by Gasteiger charge is 2.33. The molecule has 0 spiro atoms. The van der Waals surface area contributed by atoms with Crippen molar-refractivity contribution >= 4 is 11.7 Å². The van der Waals surface area contributed by atoms with E-state index in [2.05, 4.69) is 0 Å². The second-order valence-electron chi connectivity index (χ2n) is 5.49. The van der Waals surface area contributed by atoms with Crippen molar-refractivity contribution in [3.05, 3.63) is 0 Å². The number of likely N-dealkylation sites (tertiary alicyclic amines) is 1. The maximum atomic E-state index is 12.2. The number of hydrogen-bond donors (Lipinski definition) is 1. The molecule has 1 saturated carbocycles. The second kappa shape index (κ2) is 5.17. The molecule has 96 valence electrons. The van der Waals surface area contributed by atoms with Crippen molar-refractivity contribution in [2.75, 3.05) is 13.1 Å². The minimum absolute atomic E-state index is 0.0739. The Morgan fingerprint density at radius 1 is 1.06 bits per heavy atom. The molecule has 0 aromatic rings. The standard InChI is InChI=1S/C13H22N2O2/c1-9(16)11-6-7-15(8-11)13(17)10-2-4-12(14)5-3-10/h10-12H,2-8,14H2,1H3/t10?,11-,12?/m1/s1. The van der Waals surface area contributed by atoms with E-state index in [0.717, 1.165) is 38.6 Å². The summed E-state index contributed by atoms with van der Waals surface area (Å²) >= 11 is 0. The summed E-state index contributed by atoms with van der Waals surface area (Å²) in [5.41, 5.74) is 5.84. The quantitative estimate of drug-likeness (QED) is 0.778. The van der Waals surface area contributed by atoms with Crippen LogP contribution in [0, 0.1) is 11.8 Å². The molecule has 0 bridgehead atoms. The van der Waals surface area contributed by atoms with Crippen LogP contribution in [0.1, 0.15) is 39.0 Å². The number of amides is 1. The van der Waals surface area contributed by atoms with Gasteiger partial charge in [0.25, 0.3) is 0 Å². The van der Waals surface area contributed by atoms with Crippen molar-refractivity contribution in [1.29, 1.82) is 0 Å². The van der Waals surface area contributed by atoms with Crippen LogP contribution >= 0.6 is 0 Å². The smallest absolute Gasteiger partial charge is 0.225 e. The molecule has 0 unspecified atom stereocenters. The minimum Gasteiger partial charge on any atom is -0.342 e. The normalized spacial score (nSPS) is 33.8. The van der Waals surface area contributed by atoms with Crippen molar-refractivity contribution in [2.24, 2.45) is 17.6 Å². The van der Waals surface area contributed by atoms with Crippen LogP contribution in [0.4, 0.5) is 0 Å². The summed E-state index contributed by atoms with van der Waals surface area (Å²) in [4.78, 5) is 25.4. The summed E-state index contributed by atoms with van der Waals surface area (Å²) in [7, 11) is 0. The molecule has 1 amide bonds. The van der Waals surface area contributed by atoms with Gasteiger partial charge in [0.1, 0.15) is 5.78 Å². The van der Waals surface area contributed by atoms with Gasteiger partial charge in [0.15, 0.2) is 0 Å². The third kappa shape index (κ3) is 2.86. The van der Waals surface area contributed by atoms with Crippen molar-refractivity contribution in [3.8, 4) is 0 Å². The van der Waals surface area contributed by atoms with Gasteiger partial charge in [0.05, 0.1) is 0 Å². The highest BCUT2D eigenvalue weighted by molar-refractivity contribution is 5.83. The molecular formula is C13H22N2O2. The zero-order valence-corrected chi connectivity index (χ0v) is 10.5. The van der Waals surface area contributed by atoms with Gasteiger partial charge in [-0.1, -0.05) is 0 Å². The van der Waals surface area contributed by atoms with Gasteiger partial charge in [-0.25, -0.2) is 0 Å². The molecule has 0 aromatic heterocycles. The number of nitrogens with zero attached hydrogens (tertiary/aromatic N) is 1. The first kappa shape index (κ1) is 12.6. The van der Waals surface area contributed by atoms with Crippen molar-refractivity contribution in [3.63, 3.8) is 0 Å². The molecule has 2 rings (SSSR count). The number of nitrogens with two attached hydrogens (primary N) is 1. The molecule has 1 aliphatic heterocycles. The van der Waals surface area contributed by atoms with Crippen LogP contribution in [-0.4, -0.2) is 35.7 Å². The van der Waals surface area contributed by atoms with Gasteiger partial charge in [-0.3, -0.25) is 9.59 Å². The van der Waals surface area contributed by atoms with E-state index in [-0.39, 0.29) is 29.6 Å². The van der Waals surface area contributed by atoms with E-state index in [0.29, 0.717) is 6.54 Å². The molecule has 17 heavy (non-hydrogen) atoms. The van der Waals surface area contributed by atoms with Gasteiger partial charge in [-0.15, -0.1) is 0 Å². The molecule has 2 aliphatic rings. The van der Waals surface area contributed by atoms with Gasteiger partial charge in [0.2, 0.25) is 5.91 Å². The van der Waals surface area contributed by atoms with E-state index in [4.69, 9.17) is 5.73 Å². The Hall–Kier alpha value is -0.900. The molecule has 2 N–H and O–H groups in total. The number of carbonyl (C=O) groups is 2. The first-order valence-electron chi connectivity index (χ1n) is 6.62. The lowest BCUT2D eigenvalue weighted by Gasteiger charge is -2.28. The Morgan fingerprint density at radius 3 is 2.24 bits per heavy atom. The van der Waals surface area contributed by atoms with Crippen LogP contribution < -0.4 is 5.73 Å². The maximum Gasteiger partial charge on any atom is 0.225 e. The van der Waals surface area contributed by atoms with E-state index in [1.807, 2.05) is 4.90 Å². The first-order chi connectivity index (χ1) is 8.08. The second-order valence-corrected chi connectivity index (χ2v) is 5.49. The SMILES string of the molecule is CC(=O)[C@@H]1CCN(C(=O)C2CCC(N)CC2)C1. The van der Waals surface area contributed by atoms with E-state index in [1.54, 1.807) is 6.92 Å². The summed E-state index contributed by atoms with van der Waals surface area (Å²) in [5.74, 6) is 0.692. The van der Waals surface area contributed by atoms with E-state index >= 15 is 0 Å². The van der Waals surface area contributed by atoms with Crippen LogP contribution in [0.25, 0.3) is 0 Å². The van der Waals surface area contributed by atoms with E-state index in [1.165, 1.54) is 0 Å². The molecular weight excluding hydrogens is 216 g/mol. The van der Waals surface area contributed by atoms with E-state index in [9.17, 15) is 9.59 Å². The fourth-order valence-electron chi connectivity index (χ4n) is 2.92. The predicted molar refractivity (Wildman–Crippen MR) is 65.3 cm³/mol. The summed E-state index contributed by atoms with van der Waals surface area (Å²) in [5, 5.41) is 0. The van der Waals surface area contributed by atoms with Crippen LogP contribution in [0.3, 0.4) is 0 Å². The monoisotopic (exact) mass is 238 g/mol. The topological polar surface area (TPSA) is 63.4 Å². The van der Waals surface area contributed by atoms with Crippen molar-refractivity contribution < 1.29 is 9.59 Å². The van der Waals surface area contributed by atoms with Crippen molar-refractivity contribution in [2.45, 2.75) is 45.1 Å². The zero-order chi connectivity index (χ0) is 12.4. The van der Waals surface area contributed by atoms with Gasteiger partial charge in [0, 0.05) is 31.0 Å². The summed E-state index contributed by atoms with van der Waals surface area (Å²) in [6.07, 6.45) is 4.59. The molecule has 1 aliphatic carbocycles. The Labute approximate surface area is 103 Å². The van der Waals surface area contributed by atoms with Gasteiger partial charge < -0.3 is 10.6 Å². The Morgan fingerprint density at radius 2 is 1.71 bits per heavy atom. The molecule has 4 heteroatoms. The minimum atomic E-state index is 0.0739. The molecule has 1 atom stereocenters. The Kier molecular flexibility index (Phi) is 3.82. The molecule has 1 heterocycles. The number of Topliss-reactive ketones (excluding diaryl/α,β-unsaturated/α-hetero) is 1. The number of carbonyl (C=O) groups excluding carboxylic acids is 2. The average Bonchev–Trinajstić information content (AvgIpc) is 2.78. The first-order valence-corrected chi connectivity index (χ1v) is 6.62. The average molecular weight is 238 g/mol. The number of ketones is 1. The Bertz CT molecular complexity index is 309. The number of hydrogen-bond acceptors (Lipinski definition) is 3. The Balaban J connectivity index is 1.86. The van der Waals surface area contributed by atoms with Crippen LogP contribution in [0.15, 0.2) is 0 Å². The van der Waals surface area contributed by atoms with E-state index < -0.39 is 0 Å². The molecule has 1 saturated heterocycles. The molecule has 0 aromatic carbocycles. The lowest BCUT2D eigenvalue weighted by atomic mass is 9.85. The van der Waals surface area contributed by atoms with Crippen LogP contribution in [0.5, 0.6) is 0 Å². The van der Waals surface area contributed by atoms with Crippen molar-refractivity contribution in [1.82, 2.24) is 4.90 Å². The molecule has 0 radical (unpaired) electrons. The largest absolute Gasteiger partial charge is 0.342 e. The van der Waals surface area contributed by atoms with Gasteiger partial charge in [-0.2, -0.15) is 0 Å². The van der Waals surface area contributed by atoms with Crippen LogP contribution in [0.2, 0.25) is 0 Å².